The summed E-state index contributed by atoms with van der Waals surface area (Å²) in [5.74, 6) is 0.596. The third kappa shape index (κ3) is 3.69. The van der Waals surface area contributed by atoms with E-state index in [2.05, 4.69) is 0 Å². The third-order valence-corrected chi connectivity index (χ3v) is 2.03. The molecule has 0 aromatic heterocycles. The molecule has 16 heavy (non-hydrogen) atoms. The fraction of sp³-hybridized carbons (Fsp3) is 0.231. The molecule has 0 aliphatic rings. The molecule has 3 nitrogen and oxygen atoms in total. The van der Waals surface area contributed by atoms with Crippen LogP contribution in [-0.4, -0.2) is 18.7 Å². The highest BCUT2D eigenvalue weighted by atomic mass is 16.5. The maximum absolute atomic E-state index is 10.9. The molecule has 0 saturated carbocycles. The van der Waals surface area contributed by atoms with Crippen LogP contribution in [0.4, 0.5) is 0 Å². The lowest BCUT2D eigenvalue weighted by Crippen LogP contribution is -1.98. The molecule has 1 aromatic carbocycles. The summed E-state index contributed by atoms with van der Waals surface area (Å²) in [5.41, 5.74) is 0.512. The Labute approximate surface area is 94.7 Å². The van der Waals surface area contributed by atoms with Gasteiger partial charge in [0.25, 0.3) is 0 Å². The number of aldehydes is 1. The number of rotatable bonds is 6. The third-order valence-electron chi connectivity index (χ3n) is 2.03. The summed E-state index contributed by atoms with van der Waals surface area (Å²) >= 11 is 0. The lowest BCUT2D eigenvalue weighted by Gasteiger charge is -2.04. The fourth-order valence-electron chi connectivity index (χ4n) is 1.14. The Kier molecular flexibility index (Phi) is 4.99. The van der Waals surface area contributed by atoms with Crippen LogP contribution in [0.1, 0.15) is 23.7 Å². The van der Waals surface area contributed by atoms with E-state index in [-0.39, 0.29) is 12.4 Å². The summed E-state index contributed by atoms with van der Waals surface area (Å²) < 4.78 is 5.35. The van der Waals surface area contributed by atoms with Crippen LogP contribution in [0.3, 0.4) is 0 Å². The Bertz CT molecular complexity index is 394. The molecule has 0 aliphatic carbocycles. The quantitative estimate of drug-likeness (QED) is 0.544. The van der Waals surface area contributed by atoms with Gasteiger partial charge in [0.2, 0.25) is 0 Å². The molecule has 0 amide bonds. The number of carbonyl (C=O) groups is 2. The highest BCUT2D eigenvalue weighted by Gasteiger charge is 1.99. The zero-order valence-corrected chi connectivity index (χ0v) is 9.18. The van der Waals surface area contributed by atoms with Gasteiger partial charge in [0, 0.05) is 6.42 Å². The van der Waals surface area contributed by atoms with E-state index in [0.717, 1.165) is 6.29 Å². The van der Waals surface area contributed by atoms with Crippen LogP contribution in [0.25, 0.3) is 0 Å². The molecule has 1 aromatic rings. The van der Waals surface area contributed by atoms with Crippen LogP contribution >= 0.6 is 0 Å². The minimum atomic E-state index is 0.0623. The average molecular weight is 218 g/mol. The smallest absolute Gasteiger partial charge is 0.155 e. The van der Waals surface area contributed by atoms with Gasteiger partial charge in [-0.1, -0.05) is 19.1 Å². The maximum atomic E-state index is 10.9. The van der Waals surface area contributed by atoms with E-state index in [1.807, 2.05) is 0 Å². The zero-order valence-electron chi connectivity index (χ0n) is 9.18. The van der Waals surface area contributed by atoms with Gasteiger partial charge in [-0.2, -0.15) is 0 Å². The standard InChI is InChI=1S/C13H14O3/c1-2-12(15)7-5-9-16-13-8-4-3-6-11(13)10-14/h3-8,10H,2,9H2,1H3/b7-5+. The highest BCUT2D eigenvalue weighted by Crippen LogP contribution is 2.15. The number of allylic oxidation sites excluding steroid dienone is 1. The molecule has 3 heteroatoms. The first-order chi connectivity index (χ1) is 7.77. The van der Waals surface area contributed by atoms with Gasteiger partial charge in [-0.25, -0.2) is 0 Å². The average Bonchev–Trinajstić information content (AvgIpc) is 2.34. The van der Waals surface area contributed by atoms with Crippen LogP contribution in [-0.2, 0) is 4.79 Å². The van der Waals surface area contributed by atoms with Crippen molar-refractivity contribution in [2.24, 2.45) is 0 Å². The van der Waals surface area contributed by atoms with Crippen molar-refractivity contribution in [2.45, 2.75) is 13.3 Å². The van der Waals surface area contributed by atoms with Crippen molar-refractivity contribution in [3.8, 4) is 5.75 Å². The van der Waals surface area contributed by atoms with E-state index in [0.29, 0.717) is 17.7 Å². The van der Waals surface area contributed by atoms with Crippen molar-refractivity contribution in [3.05, 3.63) is 42.0 Å². The van der Waals surface area contributed by atoms with Gasteiger partial charge in [-0.05, 0) is 24.3 Å². The summed E-state index contributed by atoms with van der Waals surface area (Å²) in [7, 11) is 0. The molecule has 0 fully saturated rings. The molecule has 1 rings (SSSR count). The van der Waals surface area contributed by atoms with Gasteiger partial charge in [-0.15, -0.1) is 0 Å². The molecule has 0 heterocycles. The van der Waals surface area contributed by atoms with E-state index in [9.17, 15) is 9.59 Å². The number of hydrogen-bond donors (Lipinski definition) is 0. The van der Waals surface area contributed by atoms with Gasteiger partial charge in [-0.3, -0.25) is 9.59 Å². The minimum absolute atomic E-state index is 0.0623. The van der Waals surface area contributed by atoms with E-state index >= 15 is 0 Å². The summed E-state index contributed by atoms with van der Waals surface area (Å²) in [6.45, 7) is 2.09. The number of ether oxygens (including phenoxy) is 1. The molecule has 0 saturated heterocycles. The first-order valence-corrected chi connectivity index (χ1v) is 5.14. The molecular weight excluding hydrogens is 204 g/mol. The van der Waals surface area contributed by atoms with E-state index < -0.39 is 0 Å². The van der Waals surface area contributed by atoms with Crippen LogP contribution in [0.15, 0.2) is 36.4 Å². The second-order valence-corrected chi connectivity index (χ2v) is 3.19. The number of para-hydroxylation sites is 1. The lowest BCUT2D eigenvalue weighted by molar-refractivity contribution is -0.114. The summed E-state index contributed by atoms with van der Waals surface area (Å²) in [6, 6.07) is 6.97. The van der Waals surface area contributed by atoms with Crippen molar-refractivity contribution in [1.82, 2.24) is 0 Å². The van der Waals surface area contributed by atoms with E-state index in [1.165, 1.54) is 6.08 Å². The molecule has 0 N–H and O–H groups in total. The van der Waals surface area contributed by atoms with Crippen LogP contribution < -0.4 is 4.74 Å². The van der Waals surface area contributed by atoms with Gasteiger partial charge < -0.3 is 4.74 Å². The molecule has 0 unspecified atom stereocenters. The maximum Gasteiger partial charge on any atom is 0.155 e. The van der Waals surface area contributed by atoms with Crippen molar-refractivity contribution < 1.29 is 14.3 Å². The van der Waals surface area contributed by atoms with Crippen molar-refractivity contribution in [1.29, 1.82) is 0 Å². The zero-order chi connectivity index (χ0) is 11.8. The van der Waals surface area contributed by atoms with Crippen LogP contribution in [0.2, 0.25) is 0 Å². The van der Waals surface area contributed by atoms with Crippen molar-refractivity contribution in [2.75, 3.05) is 6.61 Å². The fourth-order valence-corrected chi connectivity index (χ4v) is 1.14. The van der Waals surface area contributed by atoms with Gasteiger partial charge >= 0.3 is 0 Å². The number of ketones is 1. The highest BCUT2D eigenvalue weighted by molar-refractivity contribution is 5.89. The Morgan fingerprint density at radius 1 is 1.38 bits per heavy atom. The monoisotopic (exact) mass is 218 g/mol. The first-order valence-electron chi connectivity index (χ1n) is 5.14. The van der Waals surface area contributed by atoms with Gasteiger partial charge in [0.05, 0.1) is 5.56 Å². The summed E-state index contributed by atoms with van der Waals surface area (Å²) in [4.78, 5) is 21.6. The van der Waals surface area contributed by atoms with Crippen LogP contribution in [0.5, 0.6) is 5.75 Å². The second kappa shape index (κ2) is 6.56. The van der Waals surface area contributed by atoms with Crippen molar-refractivity contribution in [3.63, 3.8) is 0 Å². The van der Waals surface area contributed by atoms with Gasteiger partial charge in [0.1, 0.15) is 12.4 Å². The number of benzene rings is 1. The normalized spacial score (nSPS) is 10.3. The SMILES string of the molecule is CCC(=O)/C=C/COc1ccccc1C=O. The first kappa shape index (κ1) is 12.2. The van der Waals surface area contributed by atoms with Crippen molar-refractivity contribution >= 4 is 12.1 Å². The Hall–Kier alpha value is -1.90. The Balaban J connectivity index is 2.51. The molecule has 0 spiro atoms. The predicted molar refractivity (Wildman–Crippen MR) is 61.8 cm³/mol. The second-order valence-electron chi connectivity index (χ2n) is 3.19. The predicted octanol–water partition coefficient (Wildman–Crippen LogP) is 2.41. The topological polar surface area (TPSA) is 43.4 Å². The number of hydrogen-bond acceptors (Lipinski definition) is 3. The largest absolute Gasteiger partial charge is 0.489 e. The van der Waals surface area contributed by atoms with Gasteiger partial charge in [0.15, 0.2) is 12.1 Å². The molecule has 0 radical (unpaired) electrons. The molecular formula is C13H14O3. The Morgan fingerprint density at radius 2 is 2.12 bits per heavy atom. The Morgan fingerprint density at radius 3 is 2.81 bits per heavy atom. The number of carbonyl (C=O) groups excluding carboxylic acids is 2. The van der Waals surface area contributed by atoms with Crippen LogP contribution in [0, 0.1) is 0 Å². The van der Waals surface area contributed by atoms with E-state index in [4.69, 9.17) is 4.74 Å². The molecule has 84 valence electrons. The molecule has 0 bridgehead atoms. The summed E-state index contributed by atoms with van der Waals surface area (Å²) in [5, 5.41) is 0. The summed E-state index contributed by atoms with van der Waals surface area (Å²) in [6.07, 6.45) is 4.37. The minimum Gasteiger partial charge on any atom is -0.489 e. The van der Waals surface area contributed by atoms with E-state index in [1.54, 1.807) is 37.3 Å². The molecule has 0 aliphatic heterocycles. The lowest BCUT2D eigenvalue weighted by atomic mass is 10.2. The molecule has 0 atom stereocenters.